The minimum absolute atomic E-state index is 0.0401. The van der Waals surface area contributed by atoms with E-state index in [1.54, 1.807) is 10.4 Å². The second-order valence-corrected chi connectivity index (χ2v) is 5.75. The maximum Gasteiger partial charge on any atom is 0.270 e. The van der Waals surface area contributed by atoms with Gasteiger partial charge >= 0.3 is 0 Å². The van der Waals surface area contributed by atoms with Crippen LogP contribution >= 0.6 is 11.3 Å². The van der Waals surface area contributed by atoms with Crippen molar-refractivity contribution in [1.82, 2.24) is 4.98 Å². The number of oxime groups is 1. The van der Waals surface area contributed by atoms with Crippen molar-refractivity contribution < 1.29 is 10.0 Å². The number of hydrogen-bond acceptors (Lipinski definition) is 5. The number of aromatic nitrogens is 1. The van der Waals surface area contributed by atoms with Crippen LogP contribution in [0.25, 0.3) is 0 Å². The topological polar surface area (TPSA) is 65.8 Å². The number of aryl methyl sites for hydroxylation is 1. The predicted octanol–water partition coefficient (Wildman–Crippen LogP) is 3.07. The van der Waals surface area contributed by atoms with Crippen molar-refractivity contribution in [2.45, 2.75) is 19.8 Å². The Morgan fingerprint density at radius 1 is 1.43 bits per heavy atom. The van der Waals surface area contributed by atoms with Crippen molar-refractivity contribution in [3.05, 3.63) is 45.9 Å². The molecule has 1 aliphatic rings. The number of hydrogen-bond donors (Lipinski definition) is 1. The van der Waals surface area contributed by atoms with Crippen LogP contribution in [0.5, 0.6) is 0 Å². The molecule has 1 aromatic heterocycles. The summed E-state index contributed by atoms with van der Waals surface area (Å²) >= 11 is 1.36. The maximum atomic E-state index is 12.8. The van der Waals surface area contributed by atoms with Crippen LogP contribution in [0.4, 0.5) is 5.69 Å². The van der Waals surface area contributed by atoms with Gasteiger partial charge in [-0.15, -0.1) is 11.3 Å². The third kappa shape index (κ3) is 2.42. The summed E-state index contributed by atoms with van der Waals surface area (Å²) in [4.78, 5) is 19.4. The van der Waals surface area contributed by atoms with Crippen molar-refractivity contribution >= 4 is 28.6 Å². The van der Waals surface area contributed by atoms with Crippen molar-refractivity contribution in [1.29, 1.82) is 0 Å². The molecule has 2 heterocycles. The molecule has 0 radical (unpaired) electrons. The summed E-state index contributed by atoms with van der Waals surface area (Å²) in [7, 11) is 0. The average molecular weight is 301 g/mol. The van der Waals surface area contributed by atoms with Gasteiger partial charge in [0, 0.05) is 12.1 Å². The standard InChI is InChI=1S/C15H15N3O2S/c1-10-14(21-9-16-10)15(19)18-8-4-6-12(17-20)11-5-2-3-7-13(11)18/h2-3,5,7,9,20H,4,6,8H2,1H3/b17-12-. The van der Waals surface area contributed by atoms with Crippen molar-refractivity contribution in [3.63, 3.8) is 0 Å². The first-order valence-electron chi connectivity index (χ1n) is 6.74. The molecule has 0 unspecified atom stereocenters. The number of amides is 1. The van der Waals surface area contributed by atoms with Crippen LogP contribution in [0.1, 0.15) is 33.8 Å². The fourth-order valence-corrected chi connectivity index (χ4v) is 3.31. The SMILES string of the molecule is Cc1ncsc1C(=O)N1CCC/C(=N/O)c2ccccc21. The lowest BCUT2D eigenvalue weighted by Crippen LogP contribution is -2.31. The average Bonchev–Trinajstić information content (AvgIpc) is 2.84. The van der Waals surface area contributed by atoms with Crippen LogP contribution in [-0.2, 0) is 0 Å². The first kappa shape index (κ1) is 13.8. The van der Waals surface area contributed by atoms with Crippen molar-refractivity contribution in [2.75, 3.05) is 11.4 Å². The van der Waals surface area contributed by atoms with Crippen LogP contribution in [0.3, 0.4) is 0 Å². The fraction of sp³-hybridized carbons (Fsp3) is 0.267. The molecule has 1 aromatic carbocycles. The van der Waals surface area contributed by atoms with Crippen LogP contribution in [0.15, 0.2) is 34.9 Å². The van der Waals surface area contributed by atoms with Crippen LogP contribution < -0.4 is 4.90 Å². The molecule has 0 aliphatic carbocycles. The Morgan fingerprint density at radius 3 is 2.95 bits per heavy atom. The molecule has 108 valence electrons. The minimum Gasteiger partial charge on any atom is -0.411 e. The first-order chi connectivity index (χ1) is 10.2. The molecular formula is C15H15N3O2S. The number of para-hydroxylation sites is 1. The van der Waals surface area contributed by atoms with Gasteiger partial charge in [0.05, 0.1) is 22.6 Å². The number of fused-ring (bicyclic) bond motifs is 1. The Hall–Kier alpha value is -2.21. The van der Waals surface area contributed by atoms with Crippen LogP contribution in [0.2, 0.25) is 0 Å². The molecule has 0 spiro atoms. The summed E-state index contributed by atoms with van der Waals surface area (Å²) in [5, 5.41) is 12.6. The highest BCUT2D eigenvalue weighted by Crippen LogP contribution is 2.29. The molecule has 0 saturated carbocycles. The first-order valence-corrected chi connectivity index (χ1v) is 7.62. The van der Waals surface area contributed by atoms with Gasteiger partial charge in [-0.1, -0.05) is 23.4 Å². The van der Waals surface area contributed by atoms with E-state index < -0.39 is 0 Å². The Morgan fingerprint density at radius 2 is 2.24 bits per heavy atom. The highest BCUT2D eigenvalue weighted by atomic mass is 32.1. The number of anilines is 1. The van der Waals surface area contributed by atoms with E-state index in [-0.39, 0.29) is 5.91 Å². The summed E-state index contributed by atoms with van der Waals surface area (Å²) in [6.07, 6.45) is 1.41. The zero-order chi connectivity index (χ0) is 14.8. The molecule has 5 nitrogen and oxygen atoms in total. The number of benzene rings is 1. The third-order valence-electron chi connectivity index (χ3n) is 3.61. The second kappa shape index (κ2) is 5.65. The Labute approximate surface area is 126 Å². The molecular weight excluding hydrogens is 286 g/mol. The van der Waals surface area contributed by atoms with Gasteiger partial charge in [0.2, 0.25) is 0 Å². The molecule has 3 rings (SSSR count). The summed E-state index contributed by atoms with van der Waals surface area (Å²) in [5.41, 5.74) is 4.67. The number of carbonyl (C=O) groups is 1. The molecule has 0 fully saturated rings. The van der Waals surface area contributed by atoms with E-state index in [1.165, 1.54) is 11.3 Å². The molecule has 21 heavy (non-hydrogen) atoms. The molecule has 2 aromatic rings. The van der Waals surface area contributed by atoms with E-state index in [0.29, 0.717) is 23.6 Å². The van der Waals surface area contributed by atoms with Crippen LogP contribution in [-0.4, -0.2) is 28.4 Å². The van der Waals surface area contributed by atoms with Gasteiger partial charge in [-0.25, -0.2) is 4.98 Å². The fourth-order valence-electron chi connectivity index (χ4n) is 2.56. The molecule has 1 amide bonds. The number of carbonyl (C=O) groups excluding carboxylic acids is 1. The maximum absolute atomic E-state index is 12.8. The van der Waals surface area contributed by atoms with Crippen molar-refractivity contribution in [3.8, 4) is 0 Å². The molecule has 0 saturated heterocycles. The van der Waals surface area contributed by atoms with E-state index in [0.717, 1.165) is 23.4 Å². The second-order valence-electron chi connectivity index (χ2n) is 4.89. The Kier molecular flexibility index (Phi) is 3.70. The molecule has 6 heteroatoms. The number of nitrogens with zero attached hydrogens (tertiary/aromatic N) is 3. The van der Waals surface area contributed by atoms with Gasteiger partial charge in [-0.05, 0) is 25.8 Å². The molecule has 0 bridgehead atoms. The van der Waals surface area contributed by atoms with E-state index in [4.69, 9.17) is 0 Å². The van der Waals surface area contributed by atoms with E-state index in [1.807, 2.05) is 31.2 Å². The smallest absolute Gasteiger partial charge is 0.270 e. The van der Waals surface area contributed by atoms with Crippen molar-refractivity contribution in [2.24, 2.45) is 5.16 Å². The zero-order valence-electron chi connectivity index (χ0n) is 11.6. The number of rotatable bonds is 1. The predicted molar refractivity (Wildman–Crippen MR) is 82.5 cm³/mol. The number of thiazole rings is 1. The molecule has 1 aliphatic heterocycles. The summed E-state index contributed by atoms with van der Waals surface area (Å²) in [6.45, 7) is 2.44. The largest absolute Gasteiger partial charge is 0.411 e. The Balaban J connectivity index is 2.07. The monoisotopic (exact) mass is 301 g/mol. The van der Waals surface area contributed by atoms with E-state index in [2.05, 4.69) is 10.1 Å². The van der Waals surface area contributed by atoms with Gasteiger partial charge in [-0.3, -0.25) is 4.79 Å². The third-order valence-corrected chi connectivity index (χ3v) is 4.52. The quantitative estimate of drug-likeness (QED) is 0.650. The lowest BCUT2D eigenvalue weighted by molar-refractivity contribution is 0.0990. The lowest BCUT2D eigenvalue weighted by Gasteiger charge is -2.22. The highest BCUT2D eigenvalue weighted by Gasteiger charge is 2.26. The van der Waals surface area contributed by atoms with Gasteiger partial charge in [0.15, 0.2) is 0 Å². The van der Waals surface area contributed by atoms with Gasteiger partial charge < -0.3 is 10.1 Å². The molecule has 0 atom stereocenters. The zero-order valence-corrected chi connectivity index (χ0v) is 12.4. The highest BCUT2D eigenvalue weighted by molar-refractivity contribution is 7.12. The molecule has 1 N–H and O–H groups in total. The van der Waals surface area contributed by atoms with Gasteiger partial charge in [0.25, 0.3) is 5.91 Å². The van der Waals surface area contributed by atoms with Gasteiger partial charge in [0.1, 0.15) is 4.88 Å². The Bertz CT molecular complexity index is 708. The van der Waals surface area contributed by atoms with Crippen LogP contribution in [0, 0.1) is 6.92 Å². The lowest BCUT2D eigenvalue weighted by atomic mass is 10.1. The van der Waals surface area contributed by atoms with E-state index in [9.17, 15) is 10.0 Å². The summed E-state index contributed by atoms with van der Waals surface area (Å²) in [5.74, 6) is -0.0401. The normalized spacial score (nSPS) is 16.6. The minimum atomic E-state index is -0.0401. The summed E-state index contributed by atoms with van der Waals surface area (Å²) in [6, 6.07) is 7.55. The summed E-state index contributed by atoms with van der Waals surface area (Å²) < 4.78 is 0. The van der Waals surface area contributed by atoms with E-state index >= 15 is 0 Å². The van der Waals surface area contributed by atoms with Gasteiger partial charge in [-0.2, -0.15) is 0 Å².